The Labute approximate surface area is 122 Å². The maximum Gasteiger partial charge on any atom is 0.122 e. The van der Waals surface area contributed by atoms with E-state index in [1.165, 1.54) is 49.7 Å². The molecule has 1 aromatic rings. The van der Waals surface area contributed by atoms with Gasteiger partial charge in [-0.3, -0.25) is 0 Å². The van der Waals surface area contributed by atoms with Crippen LogP contribution in [-0.4, -0.2) is 19.2 Å². The highest BCUT2D eigenvalue weighted by Crippen LogP contribution is 2.34. The van der Waals surface area contributed by atoms with Crippen LogP contribution in [0.4, 0.5) is 0 Å². The van der Waals surface area contributed by atoms with Gasteiger partial charge in [-0.25, -0.2) is 0 Å². The van der Waals surface area contributed by atoms with E-state index in [9.17, 15) is 0 Å². The fraction of sp³-hybridized carbons (Fsp3) is 0.667. The van der Waals surface area contributed by atoms with E-state index < -0.39 is 0 Å². The number of nitrogens with one attached hydrogen (secondary N) is 1. The van der Waals surface area contributed by atoms with Gasteiger partial charge >= 0.3 is 0 Å². The number of rotatable bonds is 8. The van der Waals surface area contributed by atoms with Crippen molar-refractivity contribution in [1.82, 2.24) is 5.32 Å². The van der Waals surface area contributed by atoms with Gasteiger partial charge in [-0.05, 0) is 61.8 Å². The van der Waals surface area contributed by atoms with E-state index >= 15 is 0 Å². The standard InChI is InChI=1S/C18H27NO/c1-2-19-17(15-8-9-15)6-4-3-5-14-7-10-18-16(13-14)11-12-20-18/h7,10,13,15,17,19H,2-6,8-9,11-12H2,1H3. The van der Waals surface area contributed by atoms with Crippen molar-refractivity contribution in [3.05, 3.63) is 29.3 Å². The largest absolute Gasteiger partial charge is 0.493 e. The Balaban J connectivity index is 1.41. The summed E-state index contributed by atoms with van der Waals surface area (Å²) in [6.07, 6.45) is 9.22. The highest BCUT2D eigenvalue weighted by molar-refractivity contribution is 5.39. The normalized spacial score (nSPS) is 18.6. The second-order valence-corrected chi connectivity index (χ2v) is 6.29. The van der Waals surface area contributed by atoms with Gasteiger partial charge in [-0.15, -0.1) is 0 Å². The first-order valence-corrected chi connectivity index (χ1v) is 8.35. The monoisotopic (exact) mass is 273 g/mol. The van der Waals surface area contributed by atoms with Crippen molar-refractivity contribution in [1.29, 1.82) is 0 Å². The van der Waals surface area contributed by atoms with E-state index in [2.05, 4.69) is 30.4 Å². The molecule has 0 aromatic heterocycles. The summed E-state index contributed by atoms with van der Waals surface area (Å²) in [5.41, 5.74) is 2.90. The number of hydrogen-bond donors (Lipinski definition) is 1. The molecule has 2 aliphatic rings. The lowest BCUT2D eigenvalue weighted by molar-refractivity contribution is 0.357. The van der Waals surface area contributed by atoms with Crippen molar-refractivity contribution in [2.24, 2.45) is 5.92 Å². The fourth-order valence-corrected chi connectivity index (χ4v) is 3.35. The van der Waals surface area contributed by atoms with Gasteiger partial charge in [-0.2, -0.15) is 0 Å². The Bertz CT molecular complexity index is 439. The molecule has 1 N–H and O–H groups in total. The van der Waals surface area contributed by atoms with Crippen LogP contribution in [0.3, 0.4) is 0 Å². The minimum absolute atomic E-state index is 0.786. The van der Waals surface area contributed by atoms with Gasteiger partial charge < -0.3 is 10.1 Å². The molecule has 2 heteroatoms. The van der Waals surface area contributed by atoms with E-state index in [1.54, 1.807) is 0 Å². The van der Waals surface area contributed by atoms with Crippen molar-refractivity contribution in [2.75, 3.05) is 13.2 Å². The second-order valence-electron chi connectivity index (χ2n) is 6.29. The molecule has 0 bridgehead atoms. The smallest absolute Gasteiger partial charge is 0.122 e. The minimum Gasteiger partial charge on any atom is -0.493 e. The maximum absolute atomic E-state index is 5.56. The molecule has 0 saturated heterocycles. The molecule has 0 spiro atoms. The molecule has 0 amide bonds. The van der Waals surface area contributed by atoms with Crippen LogP contribution >= 0.6 is 0 Å². The van der Waals surface area contributed by atoms with Crippen molar-refractivity contribution >= 4 is 0 Å². The van der Waals surface area contributed by atoms with Crippen molar-refractivity contribution in [2.45, 2.75) is 57.9 Å². The lowest BCUT2D eigenvalue weighted by Gasteiger charge is -2.16. The number of unbranched alkanes of at least 4 members (excludes halogenated alkanes) is 1. The van der Waals surface area contributed by atoms with Gasteiger partial charge in [0.2, 0.25) is 0 Å². The molecule has 1 heterocycles. The molecule has 2 nitrogen and oxygen atoms in total. The summed E-state index contributed by atoms with van der Waals surface area (Å²) in [6, 6.07) is 7.54. The van der Waals surface area contributed by atoms with E-state index in [-0.39, 0.29) is 0 Å². The third kappa shape index (κ3) is 3.54. The molecule has 3 rings (SSSR count). The van der Waals surface area contributed by atoms with Gasteiger partial charge in [0.15, 0.2) is 0 Å². The summed E-state index contributed by atoms with van der Waals surface area (Å²) >= 11 is 0. The van der Waals surface area contributed by atoms with E-state index in [0.717, 1.165) is 37.3 Å². The average molecular weight is 273 g/mol. The molecule has 1 unspecified atom stereocenters. The first-order valence-electron chi connectivity index (χ1n) is 8.35. The van der Waals surface area contributed by atoms with Crippen molar-refractivity contribution in [3.8, 4) is 5.75 Å². The lowest BCUT2D eigenvalue weighted by Crippen LogP contribution is -2.30. The quantitative estimate of drug-likeness (QED) is 0.729. The van der Waals surface area contributed by atoms with Gasteiger partial charge in [0.25, 0.3) is 0 Å². The Kier molecular flexibility index (Phi) is 4.62. The van der Waals surface area contributed by atoms with E-state index in [1.807, 2.05) is 0 Å². The molecule has 1 aliphatic carbocycles. The highest BCUT2D eigenvalue weighted by Gasteiger charge is 2.29. The third-order valence-corrected chi connectivity index (χ3v) is 4.64. The number of benzene rings is 1. The molecule has 1 aromatic carbocycles. The van der Waals surface area contributed by atoms with Crippen LogP contribution in [0.15, 0.2) is 18.2 Å². The SMILES string of the molecule is CCNC(CCCCc1ccc2c(c1)CCO2)C1CC1. The van der Waals surface area contributed by atoms with Gasteiger partial charge in [0, 0.05) is 12.5 Å². The van der Waals surface area contributed by atoms with Crippen molar-refractivity contribution in [3.63, 3.8) is 0 Å². The number of hydrogen-bond acceptors (Lipinski definition) is 2. The zero-order valence-electron chi connectivity index (χ0n) is 12.7. The first-order chi connectivity index (χ1) is 9.86. The second kappa shape index (κ2) is 6.62. The predicted octanol–water partition coefficient (Wildman–Crippen LogP) is 3.72. The summed E-state index contributed by atoms with van der Waals surface area (Å²) in [5, 5.41) is 3.66. The molecule has 0 radical (unpaired) electrons. The van der Waals surface area contributed by atoms with Crippen LogP contribution in [0, 0.1) is 5.92 Å². The first kappa shape index (κ1) is 13.9. The van der Waals surface area contributed by atoms with Crippen molar-refractivity contribution < 1.29 is 4.74 Å². The topological polar surface area (TPSA) is 21.3 Å². The minimum atomic E-state index is 0.786. The van der Waals surface area contributed by atoms with Crippen LogP contribution < -0.4 is 10.1 Å². The predicted molar refractivity (Wildman–Crippen MR) is 83.4 cm³/mol. The summed E-state index contributed by atoms with van der Waals surface area (Å²) < 4.78 is 5.56. The molecule has 1 saturated carbocycles. The maximum atomic E-state index is 5.56. The fourth-order valence-electron chi connectivity index (χ4n) is 3.35. The zero-order valence-corrected chi connectivity index (χ0v) is 12.7. The van der Waals surface area contributed by atoms with Gasteiger partial charge in [0.05, 0.1) is 6.61 Å². The Hall–Kier alpha value is -1.02. The molecule has 1 atom stereocenters. The summed E-state index contributed by atoms with van der Waals surface area (Å²) in [5.74, 6) is 2.08. The molecule has 1 fully saturated rings. The van der Waals surface area contributed by atoms with Crippen LogP contribution in [-0.2, 0) is 12.8 Å². The summed E-state index contributed by atoms with van der Waals surface area (Å²) in [4.78, 5) is 0. The van der Waals surface area contributed by atoms with Crippen LogP contribution in [0.5, 0.6) is 5.75 Å². The number of aryl methyl sites for hydroxylation is 1. The summed E-state index contributed by atoms with van der Waals surface area (Å²) in [7, 11) is 0. The lowest BCUT2D eigenvalue weighted by atomic mass is 10.00. The van der Waals surface area contributed by atoms with Crippen LogP contribution in [0.1, 0.15) is 50.2 Å². The molecule has 1 aliphatic heterocycles. The Morgan fingerprint density at radius 2 is 2.20 bits per heavy atom. The third-order valence-electron chi connectivity index (χ3n) is 4.64. The number of fused-ring (bicyclic) bond motifs is 1. The molecule has 20 heavy (non-hydrogen) atoms. The highest BCUT2D eigenvalue weighted by atomic mass is 16.5. The summed E-state index contributed by atoms with van der Waals surface area (Å²) in [6.45, 7) is 4.21. The molecular weight excluding hydrogens is 246 g/mol. The Morgan fingerprint density at radius 1 is 1.30 bits per heavy atom. The number of ether oxygens (including phenoxy) is 1. The van der Waals surface area contributed by atoms with Crippen LogP contribution in [0.2, 0.25) is 0 Å². The molecular formula is C18H27NO. The Morgan fingerprint density at radius 3 is 3.00 bits per heavy atom. The average Bonchev–Trinajstić information content (AvgIpc) is 3.20. The van der Waals surface area contributed by atoms with E-state index in [0.29, 0.717) is 0 Å². The van der Waals surface area contributed by atoms with Crippen LogP contribution in [0.25, 0.3) is 0 Å². The zero-order chi connectivity index (χ0) is 13.8. The molecule has 110 valence electrons. The van der Waals surface area contributed by atoms with Gasteiger partial charge in [-0.1, -0.05) is 25.5 Å². The van der Waals surface area contributed by atoms with E-state index in [4.69, 9.17) is 4.74 Å². The van der Waals surface area contributed by atoms with Gasteiger partial charge in [0.1, 0.15) is 5.75 Å².